The van der Waals surface area contributed by atoms with Crippen molar-refractivity contribution in [3.05, 3.63) is 29.6 Å². The van der Waals surface area contributed by atoms with Crippen LogP contribution in [0.1, 0.15) is 29.6 Å². The van der Waals surface area contributed by atoms with E-state index < -0.39 is 21.6 Å². The third kappa shape index (κ3) is 3.79. The van der Waals surface area contributed by atoms with Crippen molar-refractivity contribution in [2.24, 2.45) is 0 Å². The van der Waals surface area contributed by atoms with Crippen molar-refractivity contribution in [1.82, 2.24) is 0 Å². The first-order valence-corrected chi connectivity index (χ1v) is 8.31. The van der Waals surface area contributed by atoms with E-state index in [-0.39, 0.29) is 28.9 Å². The van der Waals surface area contributed by atoms with Crippen LogP contribution in [0.2, 0.25) is 0 Å². The standard InChI is InChI=1S/C14H17FO5S/c1-19-14(16)12-9-10(15)5-6-13(12)21(17,18)8-7-20-11-3-2-4-11/h5-6,9,11H,2-4,7-8H2,1H3. The molecule has 1 aromatic carbocycles. The van der Waals surface area contributed by atoms with Crippen LogP contribution in [0.25, 0.3) is 0 Å². The highest BCUT2D eigenvalue weighted by atomic mass is 32.2. The minimum Gasteiger partial charge on any atom is -0.465 e. The summed E-state index contributed by atoms with van der Waals surface area (Å²) < 4.78 is 47.7. The number of hydrogen-bond donors (Lipinski definition) is 0. The maximum Gasteiger partial charge on any atom is 0.339 e. The maximum absolute atomic E-state index is 13.2. The minimum atomic E-state index is -3.74. The summed E-state index contributed by atoms with van der Waals surface area (Å²) in [5.74, 6) is -1.83. The zero-order valence-electron chi connectivity index (χ0n) is 11.7. The molecule has 5 nitrogen and oxygen atoms in total. The molecule has 0 N–H and O–H groups in total. The molecule has 2 rings (SSSR count). The van der Waals surface area contributed by atoms with E-state index in [0.717, 1.165) is 44.6 Å². The summed E-state index contributed by atoms with van der Waals surface area (Å²) in [5, 5.41) is 0. The summed E-state index contributed by atoms with van der Waals surface area (Å²) in [6, 6.07) is 2.96. The maximum atomic E-state index is 13.2. The lowest BCUT2D eigenvalue weighted by atomic mass is 9.96. The normalized spacial score (nSPS) is 15.5. The Balaban J connectivity index is 2.16. The molecule has 0 unspecified atom stereocenters. The van der Waals surface area contributed by atoms with Crippen LogP contribution in [0.15, 0.2) is 23.1 Å². The van der Waals surface area contributed by atoms with E-state index in [9.17, 15) is 17.6 Å². The fourth-order valence-electron chi connectivity index (χ4n) is 2.01. The van der Waals surface area contributed by atoms with E-state index in [4.69, 9.17) is 4.74 Å². The molecule has 1 aliphatic rings. The Bertz CT molecular complexity index is 622. The lowest BCUT2D eigenvalue weighted by Crippen LogP contribution is -2.25. The van der Waals surface area contributed by atoms with Gasteiger partial charge in [0.2, 0.25) is 0 Å². The number of carbonyl (C=O) groups is 1. The van der Waals surface area contributed by atoms with Gasteiger partial charge in [0, 0.05) is 0 Å². The molecule has 7 heteroatoms. The number of ether oxygens (including phenoxy) is 2. The van der Waals surface area contributed by atoms with E-state index in [0.29, 0.717) is 0 Å². The molecule has 0 aromatic heterocycles. The highest BCUT2D eigenvalue weighted by Gasteiger charge is 2.25. The van der Waals surface area contributed by atoms with Gasteiger partial charge in [-0.15, -0.1) is 0 Å². The molecule has 1 fully saturated rings. The summed E-state index contributed by atoms with van der Waals surface area (Å²) >= 11 is 0. The summed E-state index contributed by atoms with van der Waals surface area (Å²) in [6.07, 6.45) is 3.13. The predicted octanol–water partition coefficient (Wildman–Crippen LogP) is 1.96. The Morgan fingerprint density at radius 3 is 2.67 bits per heavy atom. The van der Waals surface area contributed by atoms with Crippen LogP contribution >= 0.6 is 0 Å². The van der Waals surface area contributed by atoms with Gasteiger partial charge in [0.25, 0.3) is 0 Å². The zero-order chi connectivity index (χ0) is 15.5. The van der Waals surface area contributed by atoms with Crippen LogP contribution in [-0.4, -0.2) is 40.0 Å². The van der Waals surface area contributed by atoms with Crippen LogP contribution in [-0.2, 0) is 19.3 Å². The van der Waals surface area contributed by atoms with Crippen LogP contribution in [0.4, 0.5) is 4.39 Å². The third-order valence-corrected chi connectivity index (χ3v) is 5.17. The lowest BCUT2D eigenvalue weighted by molar-refractivity contribution is 0.0110. The monoisotopic (exact) mass is 316 g/mol. The molecule has 1 aliphatic carbocycles. The number of rotatable bonds is 6. The predicted molar refractivity (Wildman–Crippen MR) is 73.4 cm³/mol. The SMILES string of the molecule is COC(=O)c1cc(F)ccc1S(=O)(=O)CCOC1CCC1. The number of esters is 1. The molecule has 21 heavy (non-hydrogen) atoms. The molecule has 1 aromatic rings. The van der Waals surface area contributed by atoms with E-state index in [2.05, 4.69) is 4.74 Å². The third-order valence-electron chi connectivity index (χ3n) is 3.44. The van der Waals surface area contributed by atoms with E-state index in [1.165, 1.54) is 0 Å². The average molecular weight is 316 g/mol. The van der Waals surface area contributed by atoms with Crippen molar-refractivity contribution >= 4 is 15.8 Å². The second-order valence-corrected chi connectivity index (χ2v) is 6.95. The van der Waals surface area contributed by atoms with Crippen molar-refractivity contribution in [3.8, 4) is 0 Å². The number of halogens is 1. The summed E-state index contributed by atoms with van der Waals surface area (Å²) in [4.78, 5) is 11.4. The van der Waals surface area contributed by atoms with Gasteiger partial charge in [-0.25, -0.2) is 17.6 Å². The first kappa shape index (κ1) is 15.9. The Labute approximate surface area is 123 Å². The van der Waals surface area contributed by atoms with Gasteiger partial charge in [-0.3, -0.25) is 0 Å². The number of sulfone groups is 1. The van der Waals surface area contributed by atoms with Crippen molar-refractivity contribution in [2.45, 2.75) is 30.3 Å². The molecular formula is C14H17FO5S. The van der Waals surface area contributed by atoms with Crippen LogP contribution in [0.5, 0.6) is 0 Å². The summed E-state index contributed by atoms with van der Waals surface area (Å²) in [7, 11) is -2.62. The molecule has 0 bridgehead atoms. The second-order valence-electron chi connectivity index (χ2n) is 4.87. The van der Waals surface area contributed by atoms with Crippen molar-refractivity contribution in [1.29, 1.82) is 0 Å². The fraction of sp³-hybridized carbons (Fsp3) is 0.500. The van der Waals surface area contributed by atoms with E-state index in [1.54, 1.807) is 0 Å². The number of hydrogen-bond acceptors (Lipinski definition) is 5. The van der Waals surface area contributed by atoms with Gasteiger partial charge in [-0.05, 0) is 37.5 Å². The van der Waals surface area contributed by atoms with Gasteiger partial charge >= 0.3 is 5.97 Å². The smallest absolute Gasteiger partial charge is 0.339 e. The Hall–Kier alpha value is -1.47. The average Bonchev–Trinajstić information content (AvgIpc) is 2.40. The Morgan fingerprint density at radius 2 is 2.10 bits per heavy atom. The summed E-state index contributed by atoms with van der Waals surface area (Å²) in [6.45, 7) is 0.0605. The molecule has 1 saturated carbocycles. The zero-order valence-corrected chi connectivity index (χ0v) is 12.5. The first-order chi connectivity index (χ1) is 9.94. The molecule has 116 valence electrons. The molecular weight excluding hydrogens is 299 g/mol. The van der Waals surface area contributed by atoms with Crippen molar-refractivity contribution < 1.29 is 27.1 Å². The van der Waals surface area contributed by atoms with Crippen LogP contribution < -0.4 is 0 Å². The molecule has 0 atom stereocenters. The van der Waals surface area contributed by atoms with Gasteiger partial charge in [0.1, 0.15) is 5.82 Å². The van der Waals surface area contributed by atoms with Crippen molar-refractivity contribution in [3.63, 3.8) is 0 Å². The van der Waals surface area contributed by atoms with Gasteiger partial charge in [0.05, 0.1) is 36.0 Å². The quantitative estimate of drug-likeness (QED) is 0.593. The molecule has 0 aliphatic heterocycles. The second kappa shape index (κ2) is 6.53. The first-order valence-electron chi connectivity index (χ1n) is 6.66. The highest BCUT2D eigenvalue weighted by Crippen LogP contribution is 2.23. The van der Waals surface area contributed by atoms with Crippen LogP contribution in [0.3, 0.4) is 0 Å². The molecule has 0 radical (unpaired) electrons. The van der Waals surface area contributed by atoms with Crippen molar-refractivity contribution in [2.75, 3.05) is 19.5 Å². The molecule has 0 heterocycles. The highest BCUT2D eigenvalue weighted by molar-refractivity contribution is 7.91. The van der Waals surface area contributed by atoms with E-state index in [1.807, 2.05) is 0 Å². The Morgan fingerprint density at radius 1 is 1.38 bits per heavy atom. The largest absolute Gasteiger partial charge is 0.465 e. The number of carbonyl (C=O) groups excluding carboxylic acids is 1. The molecule has 0 saturated heterocycles. The van der Waals surface area contributed by atoms with Gasteiger partial charge < -0.3 is 9.47 Å². The molecule has 0 amide bonds. The number of methoxy groups -OCH3 is 1. The Kier molecular flexibility index (Phi) is 4.95. The lowest BCUT2D eigenvalue weighted by Gasteiger charge is -2.25. The fourth-order valence-corrected chi connectivity index (χ4v) is 3.30. The minimum absolute atomic E-state index is 0.0605. The molecule has 0 spiro atoms. The van der Waals surface area contributed by atoms with Crippen LogP contribution in [0, 0.1) is 5.82 Å². The van der Waals surface area contributed by atoms with E-state index >= 15 is 0 Å². The van der Waals surface area contributed by atoms with Gasteiger partial charge in [-0.1, -0.05) is 0 Å². The van der Waals surface area contributed by atoms with Gasteiger partial charge in [0.15, 0.2) is 9.84 Å². The van der Waals surface area contributed by atoms with Gasteiger partial charge in [-0.2, -0.15) is 0 Å². The number of benzene rings is 1. The summed E-state index contributed by atoms with van der Waals surface area (Å²) in [5.41, 5.74) is -0.291. The topological polar surface area (TPSA) is 69.7 Å².